The summed E-state index contributed by atoms with van der Waals surface area (Å²) in [5, 5.41) is 0. The molecule has 0 aromatic heterocycles. The fourth-order valence-corrected chi connectivity index (χ4v) is 0.705. The van der Waals surface area contributed by atoms with Crippen molar-refractivity contribution in [3.63, 3.8) is 0 Å². The van der Waals surface area contributed by atoms with E-state index >= 15 is 0 Å². The van der Waals surface area contributed by atoms with E-state index in [9.17, 15) is 4.79 Å². The Kier molecular flexibility index (Phi) is 4.77. The molecule has 4 heteroatoms. The lowest BCUT2D eigenvalue weighted by Gasteiger charge is -2.19. The normalized spacial score (nSPS) is 9.00. The average Bonchev–Trinajstić information content (AvgIpc) is 1.99. The quantitative estimate of drug-likeness (QED) is 0.454. The molecule has 1 amide bonds. The standard InChI is InChI=1S/C7H14N2OS/c1-4-9(6-10)5-7(11)8(2)3/h6H,4-5H2,1-3H3. The summed E-state index contributed by atoms with van der Waals surface area (Å²) in [6.45, 7) is 3.17. The van der Waals surface area contributed by atoms with E-state index < -0.39 is 0 Å². The van der Waals surface area contributed by atoms with Gasteiger partial charge in [-0.3, -0.25) is 4.79 Å². The van der Waals surface area contributed by atoms with Crippen molar-refractivity contribution in [2.75, 3.05) is 27.2 Å². The van der Waals surface area contributed by atoms with Crippen LogP contribution in [0.15, 0.2) is 0 Å². The van der Waals surface area contributed by atoms with Crippen LogP contribution < -0.4 is 0 Å². The van der Waals surface area contributed by atoms with Gasteiger partial charge in [-0.2, -0.15) is 0 Å². The lowest BCUT2D eigenvalue weighted by molar-refractivity contribution is -0.117. The van der Waals surface area contributed by atoms with E-state index in [-0.39, 0.29) is 0 Å². The van der Waals surface area contributed by atoms with E-state index in [1.807, 2.05) is 25.9 Å². The maximum Gasteiger partial charge on any atom is 0.210 e. The van der Waals surface area contributed by atoms with Crippen LogP contribution in [0.3, 0.4) is 0 Å². The lowest BCUT2D eigenvalue weighted by Crippen LogP contribution is -2.34. The number of amides is 1. The highest BCUT2D eigenvalue weighted by Crippen LogP contribution is 1.88. The molecule has 0 unspecified atom stereocenters. The summed E-state index contributed by atoms with van der Waals surface area (Å²) in [6.07, 6.45) is 0.815. The number of carbonyl (C=O) groups excluding carboxylic acids is 1. The Bertz CT molecular complexity index is 147. The molecule has 0 atom stereocenters. The van der Waals surface area contributed by atoms with Crippen molar-refractivity contribution < 1.29 is 4.79 Å². The van der Waals surface area contributed by atoms with Crippen molar-refractivity contribution in [3.05, 3.63) is 0 Å². The van der Waals surface area contributed by atoms with Crippen LogP contribution in [0.2, 0.25) is 0 Å². The van der Waals surface area contributed by atoms with Crippen molar-refractivity contribution in [2.24, 2.45) is 0 Å². The fourth-order valence-electron chi connectivity index (χ4n) is 0.539. The molecule has 0 bridgehead atoms. The van der Waals surface area contributed by atoms with E-state index in [1.54, 1.807) is 4.90 Å². The Morgan fingerprint density at radius 2 is 2.09 bits per heavy atom. The first-order valence-corrected chi connectivity index (χ1v) is 3.92. The smallest absolute Gasteiger partial charge is 0.210 e. The molecule has 0 heterocycles. The van der Waals surface area contributed by atoms with Gasteiger partial charge in [0.1, 0.15) is 0 Å². The van der Waals surface area contributed by atoms with Crippen molar-refractivity contribution in [1.82, 2.24) is 9.80 Å². The molecule has 64 valence electrons. The highest BCUT2D eigenvalue weighted by atomic mass is 32.1. The minimum Gasteiger partial charge on any atom is -0.371 e. The molecular weight excluding hydrogens is 160 g/mol. The second-order valence-corrected chi connectivity index (χ2v) is 2.93. The first-order valence-electron chi connectivity index (χ1n) is 3.51. The summed E-state index contributed by atoms with van der Waals surface area (Å²) in [5.74, 6) is 0. The highest BCUT2D eigenvalue weighted by molar-refractivity contribution is 7.80. The maximum atomic E-state index is 10.3. The summed E-state index contributed by atoms with van der Waals surface area (Å²) in [6, 6.07) is 0. The monoisotopic (exact) mass is 174 g/mol. The predicted molar refractivity (Wildman–Crippen MR) is 49.6 cm³/mol. The van der Waals surface area contributed by atoms with Crippen molar-refractivity contribution in [1.29, 1.82) is 0 Å². The molecule has 0 rings (SSSR count). The molecule has 0 aliphatic heterocycles. The molecule has 0 saturated heterocycles. The van der Waals surface area contributed by atoms with Crippen LogP contribution in [0.1, 0.15) is 6.92 Å². The first-order chi connectivity index (χ1) is 5.11. The summed E-state index contributed by atoms with van der Waals surface area (Å²) < 4.78 is 0. The molecule has 0 N–H and O–H groups in total. The highest BCUT2D eigenvalue weighted by Gasteiger charge is 2.03. The number of likely N-dealkylation sites (N-methyl/N-ethyl adjacent to an activating group) is 2. The summed E-state index contributed by atoms with van der Waals surface area (Å²) in [4.78, 5) is 14.6. The Balaban J connectivity index is 3.81. The molecular formula is C7H14N2OS. The molecule has 0 radical (unpaired) electrons. The van der Waals surface area contributed by atoms with Crippen LogP contribution >= 0.6 is 12.2 Å². The van der Waals surface area contributed by atoms with Gasteiger partial charge in [0, 0.05) is 20.6 Å². The van der Waals surface area contributed by atoms with Crippen molar-refractivity contribution in [3.8, 4) is 0 Å². The van der Waals surface area contributed by atoms with Crippen LogP contribution in [0.5, 0.6) is 0 Å². The Morgan fingerprint density at radius 3 is 2.36 bits per heavy atom. The van der Waals surface area contributed by atoms with Gasteiger partial charge in [0.15, 0.2) is 0 Å². The van der Waals surface area contributed by atoms with Crippen LogP contribution in [-0.2, 0) is 4.79 Å². The summed E-state index contributed by atoms with van der Waals surface area (Å²) in [5.41, 5.74) is 0. The number of hydrogen-bond donors (Lipinski definition) is 0. The Labute approximate surface area is 73.0 Å². The zero-order valence-electron chi connectivity index (χ0n) is 7.20. The minimum absolute atomic E-state index is 0.544. The number of nitrogens with zero attached hydrogens (tertiary/aromatic N) is 2. The summed E-state index contributed by atoms with van der Waals surface area (Å²) >= 11 is 5.01. The molecule has 11 heavy (non-hydrogen) atoms. The zero-order chi connectivity index (χ0) is 8.85. The summed E-state index contributed by atoms with van der Waals surface area (Å²) in [7, 11) is 3.75. The van der Waals surface area contributed by atoms with E-state index in [0.29, 0.717) is 13.1 Å². The molecule has 0 aromatic rings. The van der Waals surface area contributed by atoms with Crippen LogP contribution in [0, 0.1) is 0 Å². The second-order valence-electron chi connectivity index (χ2n) is 2.46. The Hall–Kier alpha value is -0.640. The van der Waals surface area contributed by atoms with Gasteiger partial charge in [-0.05, 0) is 6.92 Å². The van der Waals surface area contributed by atoms with Gasteiger partial charge in [-0.25, -0.2) is 0 Å². The van der Waals surface area contributed by atoms with E-state index in [4.69, 9.17) is 12.2 Å². The number of rotatable bonds is 4. The van der Waals surface area contributed by atoms with Crippen LogP contribution in [-0.4, -0.2) is 48.4 Å². The van der Waals surface area contributed by atoms with Crippen LogP contribution in [0.25, 0.3) is 0 Å². The van der Waals surface area contributed by atoms with Gasteiger partial charge in [-0.15, -0.1) is 0 Å². The number of carbonyl (C=O) groups is 1. The molecule has 0 spiro atoms. The van der Waals surface area contributed by atoms with Gasteiger partial charge >= 0.3 is 0 Å². The first kappa shape index (κ1) is 10.4. The van der Waals surface area contributed by atoms with E-state index in [0.717, 1.165) is 11.4 Å². The maximum absolute atomic E-state index is 10.3. The number of hydrogen-bond acceptors (Lipinski definition) is 2. The third-order valence-corrected chi connectivity index (χ3v) is 1.89. The molecule has 0 aliphatic rings. The van der Waals surface area contributed by atoms with Crippen LogP contribution in [0.4, 0.5) is 0 Å². The van der Waals surface area contributed by atoms with Crippen molar-refractivity contribution >= 4 is 23.6 Å². The Morgan fingerprint density at radius 1 is 1.55 bits per heavy atom. The molecule has 0 aliphatic carbocycles. The van der Waals surface area contributed by atoms with Gasteiger partial charge in [0.2, 0.25) is 6.41 Å². The SMILES string of the molecule is CCN(C=O)CC(=S)N(C)C. The molecule has 3 nitrogen and oxygen atoms in total. The average molecular weight is 174 g/mol. The van der Waals surface area contributed by atoms with E-state index in [2.05, 4.69) is 0 Å². The van der Waals surface area contributed by atoms with E-state index in [1.165, 1.54) is 0 Å². The van der Waals surface area contributed by atoms with Gasteiger partial charge in [-0.1, -0.05) is 12.2 Å². The van der Waals surface area contributed by atoms with Gasteiger partial charge < -0.3 is 9.80 Å². The molecule has 0 fully saturated rings. The third kappa shape index (κ3) is 3.93. The minimum atomic E-state index is 0.544. The topological polar surface area (TPSA) is 23.6 Å². The third-order valence-electron chi connectivity index (χ3n) is 1.39. The lowest BCUT2D eigenvalue weighted by atomic mass is 10.5. The number of thiocarbonyl (C=S) groups is 1. The van der Waals surface area contributed by atoms with Gasteiger partial charge in [0.25, 0.3) is 0 Å². The largest absolute Gasteiger partial charge is 0.371 e. The fraction of sp³-hybridized carbons (Fsp3) is 0.714. The zero-order valence-corrected chi connectivity index (χ0v) is 8.02. The second kappa shape index (κ2) is 5.07. The molecule has 0 aromatic carbocycles. The predicted octanol–water partition coefficient (Wildman–Crippen LogP) is 0.354. The molecule has 0 saturated carbocycles. The van der Waals surface area contributed by atoms with Crippen molar-refractivity contribution in [2.45, 2.75) is 6.92 Å². The van der Waals surface area contributed by atoms with Gasteiger partial charge in [0.05, 0.1) is 11.5 Å².